The summed E-state index contributed by atoms with van der Waals surface area (Å²) in [7, 11) is 0. The number of alkyl halides is 3. The number of hydrogen-bond donors (Lipinski definition) is 1. The third kappa shape index (κ3) is 2.45. The van der Waals surface area contributed by atoms with E-state index in [2.05, 4.69) is 4.98 Å². The fourth-order valence-corrected chi connectivity index (χ4v) is 1.04. The SMILES string of the molecule is CCC(N)c1cc(C(F)(F)F)ccn1. The van der Waals surface area contributed by atoms with E-state index >= 15 is 0 Å². The molecule has 2 nitrogen and oxygen atoms in total. The number of hydrogen-bond acceptors (Lipinski definition) is 2. The van der Waals surface area contributed by atoms with Gasteiger partial charge >= 0.3 is 6.18 Å². The summed E-state index contributed by atoms with van der Waals surface area (Å²) < 4.78 is 36.8. The maximum absolute atomic E-state index is 12.3. The molecule has 0 fully saturated rings. The summed E-state index contributed by atoms with van der Waals surface area (Å²) in [6, 6.07) is 1.50. The molecule has 1 atom stereocenters. The Labute approximate surface area is 79.9 Å². The van der Waals surface area contributed by atoms with Gasteiger partial charge in [0.25, 0.3) is 0 Å². The Morgan fingerprint density at radius 3 is 2.64 bits per heavy atom. The molecule has 0 aromatic carbocycles. The second-order valence-electron chi connectivity index (χ2n) is 2.98. The Bertz CT molecular complexity index is 309. The summed E-state index contributed by atoms with van der Waals surface area (Å²) in [5.41, 5.74) is 5.15. The Hall–Kier alpha value is -1.10. The zero-order valence-electron chi connectivity index (χ0n) is 7.67. The van der Waals surface area contributed by atoms with Crippen LogP contribution in [0, 0.1) is 0 Å². The monoisotopic (exact) mass is 204 g/mol. The lowest BCUT2D eigenvalue weighted by Gasteiger charge is -2.11. The molecule has 2 N–H and O–H groups in total. The van der Waals surface area contributed by atoms with Crippen molar-refractivity contribution >= 4 is 0 Å². The van der Waals surface area contributed by atoms with Crippen LogP contribution in [0.3, 0.4) is 0 Å². The van der Waals surface area contributed by atoms with E-state index in [0.29, 0.717) is 6.42 Å². The Kier molecular flexibility index (Phi) is 3.10. The molecule has 0 spiro atoms. The first-order chi connectivity index (χ1) is 6.45. The number of rotatable bonds is 2. The molecule has 0 radical (unpaired) electrons. The van der Waals surface area contributed by atoms with E-state index in [1.54, 1.807) is 6.92 Å². The summed E-state index contributed by atoms with van der Waals surface area (Å²) in [4.78, 5) is 3.80. The first-order valence-electron chi connectivity index (χ1n) is 4.24. The maximum Gasteiger partial charge on any atom is 0.416 e. The molecule has 1 heterocycles. The molecule has 0 saturated heterocycles. The molecule has 14 heavy (non-hydrogen) atoms. The fraction of sp³-hybridized carbons (Fsp3) is 0.444. The van der Waals surface area contributed by atoms with E-state index in [1.807, 2.05) is 0 Å². The van der Waals surface area contributed by atoms with E-state index in [1.165, 1.54) is 0 Å². The van der Waals surface area contributed by atoms with E-state index in [4.69, 9.17) is 5.73 Å². The third-order valence-corrected chi connectivity index (χ3v) is 1.93. The molecular formula is C9H11F3N2. The van der Waals surface area contributed by atoms with Crippen molar-refractivity contribution in [3.05, 3.63) is 29.6 Å². The molecule has 78 valence electrons. The minimum absolute atomic E-state index is 0.280. The quantitative estimate of drug-likeness (QED) is 0.803. The van der Waals surface area contributed by atoms with Gasteiger partial charge in [0.2, 0.25) is 0 Å². The van der Waals surface area contributed by atoms with E-state index in [-0.39, 0.29) is 5.69 Å². The first kappa shape index (κ1) is 11.0. The summed E-state index contributed by atoms with van der Waals surface area (Å²) >= 11 is 0. The topological polar surface area (TPSA) is 38.9 Å². The van der Waals surface area contributed by atoms with Crippen LogP contribution in [0.1, 0.15) is 30.6 Å². The van der Waals surface area contributed by atoms with Crippen molar-refractivity contribution in [1.29, 1.82) is 0 Å². The van der Waals surface area contributed by atoms with Crippen LogP contribution in [0.2, 0.25) is 0 Å². The summed E-state index contributed by atoms with van der Waals surface area (Å²) in [5, 5.41) is 0. The number of halogens is 3. The summed E-state index contributed by atoms with van der Waals surface area (Å²) in [6.07, 6.45) is -2.63. The van der Waals surface area contributed by atoms with Crippen LogP contribution in [-0.4, -0.2) is 4.98 Å². The number of pyridine rings is 1. The molecule has 1 aromatic heterocycles. The minimum atomic E-state index is -4.33. The number of nitrogens with two attached hydrogens (primary N) is 1. The van der Waals surface area contributed by atoms with E-state index < -0.39 is 17.8 Å². The molecule has 0 aliphatic rings. The minimum Gasteiger partial charge on any atom is -0.323 e. The molecule has 5 heteroatoms. The van der Waals surface area contributed by atoms with Gasteiger partial charge < -0.3 is 5.73 Å². The van der Waals surface area contributed by atoms with Crippen LogP contribution < -0.4 is 5.73 Å². The highest BCUT2D eigenvalue weighted by Gasteiger charge is 2.30. The summed E-state index contributed by atoms with van der Waals surface area (Å²) in [5.74, 6) is 0. The average molecular weight is 204 g/mol. The van der Waals surface area contributed by atoms with Crippen LogP contribution in [0.5, 0.6) is 0 Å². The zero-order chi connectivity index (χ0) is 10.8. The smallest absolute Gasteiger partial charge is 0.323 e. The molecule has 0 aliphatic heterocycles. The van der Waals surface area contributed by atoms with Gasteiger partial charge in [0.15, 0.2) is 0 Å². The van der Waals surface area contributed by atoms with Crippen molar-refractivity contribution in [1.82, 2.24) is 4.98 Å². The highest BCUT2D eigenvalue weighted by Crippen LogP contribution is 2.29. The highest BCUT2D eigenvalue weighted by molar-refractivity contribution is 5.21. The van der Waals surface area contributed by atoms with Crippen molar-refractivity contribution in [2.75, 3.05) is 0 Å². The molecule has 1 aromatic rings. The molecule has 0 saturated carbocycles. The Morgan fingerprint density at radius 2 is 2.14 bits per heavy atom. The van der Waals surface area contributed by atoms with Gasteiger partial charge in [-0.25, -0.2) is 0 Å². The predicted molar refractivity (Wildman–Crippen MR) is 46.5 cm³/mol. The van der Waals surface area contributed by atoms with Crippen molar-refractivity contribution in [2.45, 2.75) is 25.6 Å². The Morgan fingerprint density at radius 1 is 1.50 bits per heavy atom. The van der Waals surface area contributed by atoms with Crippen molar-refractivity contribution in [2.24, 2.45) is 5.73 Å². The third-order valence-electron chi connectivity index (χ3n) is 1.93. The van der Waals surface area contributed by atoms with Gasteiger partial charge in [-0.1, -0.05) is 6.92 Å². The molecule has 0 bridgehead atoms. The molecular weight excluding hydrogens is 193 g/mol. The summed E-state index contributed by atoms with van der Waals surface area (Å²) in [6.45, 7) is 1.80. The average Bonchev–Trinajstić information content (AvgIpc) is 2.15. The molecule has 0 amide bonds. The normalized spacial score (nSPS) is 14.1. The fourth-order valence-electron chi connectivity index (χ4n) is 1.04. The van der Waals surface area contributed by atoms with Crippen molar-refractivity contribution < 1.29 is 13.2 Å². The van der Waals surface area contributed by atoms with Gasteiger partial charge in [-0.05, 0) is 18.6 Å². The second-order valence-corrected chi connectivity index (χ2v) is 2.98. The van der Waals surface area contributed by atoms with Crippen LogP contribution in [0.15, 0.2) is 18.3 Å². The van der Waals surface area contributed by atoms with Crippen LogP contribution in [0.4, 0.5) is 13.2 Å². The van der Waals surface area contributed by atoms with E-state index in [0.717, 1.165) is 18.3 Å². The standard InChI is InChI=1S/C9H11F3N2/c1-2-7(13)8-5-6(3-4-14-8)9(10,11)12/h3-5,7H,2,13H2,1H3. The predicted octanol–water partition coefficient (Wildman–Crippen LogP) is 2.51. The number of nitrogens with zero attached hydrogens (tertiary/aromatic N) is 1. The van der Waals surface area contributed by atoms with Gasteiger partial charge in [-0.2, -0.15) is 13.2 Å². The lowest BCUT2D eigenvalue weighted by molar-refractivity contribution is -0.137. The maximum atomic E-state index is 12.3. The lowest BCUT2D eigenvalue weighted by Crippen LogP contribution is -2.13. The van der Waals surface area contributed by atoms with Crippen molar-refractivity contribution in [3.8, 4) is 0 Å². The molecule has 0 aliphatic carbocycles. The van der Waals surface area contributed by atoms with E-state index in [9.17, 15) is 13.2 Å². The zero-order valence-corrected chi connectivity index (χ0v) is 7.67. The van der Waals surface area contributed by atoms with Crippen LogP contribution in [-0.2, 0) is 6.18 Å². The molecule has 1 rings (SSSR count). The van der Waals surface area contributed by atoms with Gasteiger partial charge in [0, 0.05) is 12.2 Å². The van der Waals surface area contributed by atoms with Crippen LogP contribution in [0.25, 0.3) is 0 Å². The first-order valence-corrected chi connectivity index (χ1v) is 4.24. The van der Waals surface area contributed by atoms with Crippen molar-refractivity contribution in [3.63, 3.8) is 0 Å². The molecule has 1 unspecified atom stereocenters. The van der Waals surface area contributed by atoms with Gasteiger partial charge in [0.1, 0.15) is 0 Å². The largest absolute Gasteiger partial charge is 0.416 e. The number of aromatic nitrogens is 1. The van der Waals surface area contributed by atoms with Gasteiger partial charge in [0.05, 0.1) is 11.3 Å². The van der Waals surface area contributed by atoms with Crippen LogP contribution >= 0.6 is 0 Å². The van der Waals surface area contributed by atoms with Gasteiger partial charge in [-0.15, -0.1) is 0 Å². The highest BCUT2D eigenvalue weighted by atomic mass is 19.4. The Balaban J connectivity index is 3.01. The lowest BCUT2D eigenvalue weighted by atomic mass is 10.1. The second kappa shape index (κ2) is 3.96. The van der Waals surface area contributed by atoms with Gasteiger partial charge in [-0.3, -0.25) is 4.98 Å².